The molecule has 1 aromatic carbocycles. The highest BCUT2D eigenvalue weighted by atomic mass is 35.5. The summed E-state index contributed by atoms with van der Waals surface area (Å²) in [5.74, 6) is 0. The second kappa shape index (κ2) is 3.62. The Bertz CT molecular complexity index is 342. The molecule has 0 radical (unpaired) electrons. The van der Waals surface area contributed by atoms with Gasteiger partial charge in [-0.05, 0) is 11.5 Å². The van der Waals surface area contributed by atoms with E-state index in [1.165, 1.54) is 11.8 Å². The largest absolute Gasteiger partial charge is 0.288 e. The van der Waals surface area contributed by atoms with Gasteiger partial charge in [0.2, 0.25) is 0 Å². The minimum Gasteiger partial charge on any atom is -0.288 e. The summed E-state index contributed by atoms with van der Waals surface area (Å²) in [6.45, 7) is 0. The molecular formula is C9H8ClNOS. The van der Waals surface area contributed by atoms with Gasteiger partial charge in [-0.2, -0.15) is 0 Å². The first kappa shape index (κ1) is 8.94. The van der Waals surface area contributed by atoms with E-state index in [0.717, 1.165) is 10.6 Å². The van der Waals surface area contributed by atoms with Crippen LogP contribution in [-0.4, -0.2) is 10.3 Å². The first-order valence-electron chi connectivity index (χ1n) is 3.83. The van der Waals surface area contributed by atoms with Crippen molar-refractivity contribution < 1.29 is 5.21 Å². The van der Waals surface area contributed by atoms with Crippen molar-refractivity contribution in [2.75, 3.05) is 0 Å². The topological polar surface area (TPSA) is 23.5 Å². The number of halogens is 1. The first-order chi connectivity index (χ1) is 6.29. The van der Waals surface area contributed by atoms with Crippen molar-refractivity contribution in [2.45, 2.75) is 5.37 Å². The average molecular weight is 214 g/mol. The molecule has 1 aliphatic heterocycles. The van der Waals surface area contributed by atoms with Crippen LogP contribution in [0.3, 0.4) is 0 Å². The van der Waals surface area contributed by atoms with E-state index in [1.54, 1.807) is 6.20 Å². The van der Waals surface area contributed by atoms with Crippen molar-refractivity contribution in [2.24, 2.45) is 0 Å². The molecule has 2 nitrogen and oxygen atoms in total. The quantitative estimate of drug-likeness (QED) is 0.775. The Morgan fingerprint density at radius 1 is 1.38 bits per heavy atom. The number of benzene rings is 1. The molecule has 4 heteroatoms. The molecule has 0 bridgehead atoms. The van der Waals surface area contributed by atoms with Crippen LogP contribution in [0, 0.1) is 0 Å². The van der Waals surface area contributed by atoms with Crippen LogP contribution in [-0.2, 0) is 0 Å². The lowest BCUT2D eigenvalue weighted by Crippen LogP contribution is -2.12. The Hall–Kier alpha value is -0.640. The number of hydroxylamine groups is 2. The van der Waals surface area contributed by atoms with Crippen molar-refractivity contribution in [3.63, 3.8) is 0 Å². The van der Waals surface area contributed by atoms with Gasteiger partial charge >= 0.3 is 0 Å². The van der Waals surface area contributed by atoms with Gasteiger partial charge in [0.15, 0.2) is 0 Å². The highest BCUT2D eigenvalue weighted by Crippen LogP contribution is 2.39. The Morgan fingerprint density at radius 3 is 2.77 bits per heavy atom. The summed E-state index contributed by atoms with van der Waals surface area (Å²) in [6.07, 6.45) is 1.62. The normalized spacial score (nSPS) is 21.1. The fourth-order valence-corrected chi connectivity index (χ4v) is 2.40. The van der Waals surface area contributed by atoms with E-state index in [0.29, 0.717) is 5.02 Å². The molecule has 0 amide bonds. The monoisotopic (exact) mass is 213 g/mol. The third-order valence-electron chi connectivity index (χ3n) is 1.83. The van der Waals surface area contributed by atoms with Crippen molar-refractivity contribution in [1.82, 2.24) is 5.06 Å². The van der Waals surface area contributed by atoms with Gasteiger partial charge in [0.1, 0.15) is 5.37 Å². The zero-order valence-corrected chi connectivity index (χ0v) is 8.29. The third-order valence-corrected chi connectivity index (χ3v) is 3.18. The molecule has 68 valence electrons. The van der Waals surface area contributed by atoms with Gasteiger partial charge < -0.3 is 0 Å². The molecule has 0 aromatic heterocycles. The number of thioether (sulfide) groups is 1. The highest BCUT2D eigenvalue weighted by molar-refractivity contribution is 8.02. The van der Waals surface area contributed by atoms with Crippen LogP contribution in [0.1, 0.15) is 10.9 Å². The van der Waals surface area contributed by atoms with Gasteiger partial charge in [0, 0.05) is 16.8 Å². The zero-order valence-electron chi connectivity index (χ0n) is 6.72. The molecule has 0 saturated heterocycles. The Kier molecular flexibility index (Phi) is 2.49. The smallest absolute Gasteiger partial charge is 0.131 e. The number of hydrogen-bond acceptors (Lipinski definition) is 3. The van der Waals surface area contributed by atoms with E-state index >= 15 is 0 Å². The van der Waals surface area contributed by atoms with Gasteiger partial charge in [0.05, 0.1) is 0 Å². The molecule has 13 heavy (non-hydrogen) atoms. The van der Waals surface area contributed by atoms with Crippen LogP contribution in [0.2, 0.25) is 5.02 Å². The second-order valence-electron chi connectivity index (χ2n) is 2.68. The van der Waals surface area contributed by atoms with Gasteiger partial charge in [-0.3, -0.25) is 5.21 Å². The number of hydrogen-bond donors (Lipinski definition) is 1. The standard InChI is InChI=1S/C9H8ClNOS/c10-8-4-2-1-3-7(8)9-11(12)5-6-13-9/h1-6,9,12H. The number of rotatable bonds is 1. The van der Waals surface area contributed by atoms with Crippen LogP contribution in [0.25, 0.3) is 0 Å². The second-order valence-corrected chi connectivity index (χ2v) is 4.07. The van der Waals surface area contributed by atoms with Crippen LogP contribution in [0.15, 0.2) is 35.9 Å². The predicted octanol–water partition coefficient (Wildman–Crippen LogP) is 3.25. The highest BCUT2D eigenvalue weighted by Gasteiger charge is 2.22. The maximum Gasteiger partial charge on any atom is 0.131 e. The van der Waals surface area contributed by atoms with Crippen LogP contribution in [0.4, 0.5) is 0 Å². The van der Waals surface area contributed by atoms with E-state index in [-0.39, 0.29) is 5.37 Å². The number of nitrogens with zero attached hydrogens (tertiary/aromatic N) is 1. The molecule has 0 spiro atoms. The molecule has 1 aliphatic rings. The minimum atomic E-state index is -0.103. The summed E-state index contributed by atoms with van der Waals surface area (Å²) < 4.78 is 0. The first-order valence-corrected chi connectivity index (χ1v) is 5.15. The molecule has 0 aliphatic carbocycles. The summed E-state index contributed by atoms with van der Waals surface area (Å²) >= 11 is 7.52. The lowest BCUT2D eigenvalue weighted by molar-refractivity contribution is -0.0493. The molecule has 1 aromatic rings. The summed E-state index contributed by atoms with van der Waals surface area (Å²) in [5, 5.41) is 13.0. The molecule has 0 fully saturated rings. The molecule has 1 N–H and O–H groups in total. The Balaban J connectivity index is 2.31. The van der Waals surface area contributed by atoms with Crippen molar-refractivity contribution >= 4 is 23.4 Å². The fourth-order valence-electron chi connectivity index (χ4n) is 1.20. The molecule has 1 atom stereocenters. The molecule has 1 unspecified atom stereocenters. The maximum atomic E-state index is 9.43. The summed E-state index contributed by atoms with van der Waals surface area (Å²) in [5.41, 5.74) is 0.932. The summed E-state index contributed by atoms with van der Waals surface area (Å²) in [4.78, 5) is 0. The summed E-state index contributed by atoms with van der Waals surface area (Å²) in [6, 6.07) is 7.52. The molecule has 0 saturated carbocycles. The van der Waals surface area contributed by atoms with E-state index in [4.69, 9.17) is 11.6 Å². The lowest BCUT2D eigenvalue weighted by atomic mass is 10.2. The van der Waals surface area contributed by atoms with Gasteiger partial charge in [-0.1, -0.05) is 29.8 Å². The van der Waals surface area contributed by atoms with Crippen molar-refractivity contribution in [3.05, 3.63) is 46.5 Å². The minimum absolute atomic E-state index is 0.103. The van der Waals surface area contributed by atoms with Crippen LogP contribution < -0.4 is 0 Å². The molecule has 2 rings (SSSR count). The Labute approximate surface area is 85.8 Å². The van der Waals surface area contributed by atoms with E-state index in [1.807, 2.05) is 29.7 Å². The van der Waals surface area contributed by atoms with Gasteiger partial charge in [-0.15, -0.1) is 11.8 Å². The van der Waals surface area contributed by atoms with E-state index in [2.05, 4.69) is 0 Å². The summed E-state index contributed by atoms with van der Waals surface area (Å²) in [7, 11) is 0. The Morgan fingerprint density at radius 2 is 2.15 bits per heavy atom. The maximum absolute atomic E-state index is 9.43. The predicted molar refractivity (Wildman–Crippen MR) is 54.5 cm³/mol. The lowest BCUT2D eigenvalue weighted by Gasteiger charge is -2.18. The third kappa shape index (κ3) is 1.68. The molecule has 1 heterocycles. The SMILES string of the molecule is ON1C=CSC1c1ccccc1Cl. The van der Waals surface area contributed by atoms with Crippen LogP contribution >= 0.6 is 23.4 Å². The fraction of sp³-hybridized carbons (Fsp3) is 0.111. The van der Waals surface area contributed by atoms with Gasteiger partial charge in [0.25, 0.3) is 0 Å². The van der Waals surface area contributed by atoms with Crippen molar-refractivity contribution in [3.8, 4) is 0 Å². The average Bonchev–Trinajstić information content (AvgIpc) is 2.52. The van der Waals surface area contributed by atoms with Crippen LogP contribution in [0.5, 0.6) is 0 Å². The zero-order chi connectivity index (χ0) is 9.26. The van der Waals surface area contributed by atoms with E-state index < -0.39 is 0 Å². The molecular weight excluding hydrogens is 206 g/mol. The van der Waals surface area contributed by atoms with E-state index in [9.17, 15) is 5.21 Å². The van der Waals surface area contributed by atoms with Crippen molar-refractivity contribution in [1.29, 1.82) is 0 Å². The van der Waals surface area contributed by atoms with Gasteiger partial charge in [-0.25, -0.2) is 5.06 Å².